The van der Waals surface area contributed by atoms with Gasteiger partial charge >= 0.3 is 5.97 Å². The molecule has 2 aromatic carbocycles. The van der Waals surface area contributed by atoms with Crippen LogP contribution in [0.15, 0.2) is 52.9 Å². The minimum Gasteiger partial charge on any atom is -0.479 e. The Morgan fingerprint density at radius 3 is 2.62 bits per heavy atom. The van der Waals surface area contributed by atoms with E-state index in [2.05, 4.69) is 10.2 Å². The third kappa shape index (κ3) is 4.74. The predicted octanol–water partition coefficient (Wildman–Crippen LogP) is 4.55. The lowest BCUT2D eigenvalue weighted by atomic mass is 10.2. The van der Waals surface area contributed by atoms with Gasteiger partial charge in [0, 0.05) is 15.6 Å². The van der Waals surface area contributed by atoms with Crippen LogP contribution in [0.1, 0.15) is 12.8 Å². The SMILES string of the molecule is CC(Oc1cccc(Cl)c1)C(=O)OCc1nnc(-c2ccc(Cl)cc2)o1. The summed E-state index contributed by atoms with van der Waals surface area (Å²) in [5.41, 5.74) is 0.720. The van der Waals surface area contributed by atoms with Crippen molar-refractivity contribution in [3.8, 4) is 17.2 Å². The monoisotopic (exact) mass is 392 g/mol. The van der Waals surface area contributed by atoms with Gasteiger partial charge in [-0.05, 0) is 49.4 Å². The van der Waals surface area contributed by atoms with Crippen LogP contribution in [0.5, 0.6) is 5.75 Å². The van der Waals surface area contributed by atoms with Crippen LogP contribution in [-0.2, 0) is 16.1 Å². The number of carbonyl (C=O) groups is 1. The van der Waals surface area contributed by atoms with Crippen molar-refractivity contribution in [2.45, 2.75) is 19.6 Å². The number of rotatable bonds is 6. The van der Waals surface area contributed by atoms with Crippen LogP contribution in [0.4, 0.5) is 0 Å². The zero-order valence-corrected chi connectivity index (χ0v) is 15.2. The number of hydrogen-bond donors (Lipinski definition) is 0. The van der Waals surface area contributed by atoms with E-state index in [1.807, 2.05) is 0 Å². The molecule has 3 aromatic rings. The van der Waals surface area contributed by atoms with E-state index in [4.69, 9.17) is 37.1 Å². The standard InChI is InChI=1S/C18H14Cl2N2O4/c1-11(25-15-4-2-3-14(20)9-15)18(23)24-10-16-21-22-17(26-16)12-5-7-13(19)8-6-12/h2-9,11H,10H2,1H3. The summed E-state index contributed by atoms with van der Waals surface area (Å²) in [6.45, 7) is 1.43. The normalized spacial score (nSPS) is 11.8. The van der Waals surface area contributed by atoms with Gasteiger partial charge in [-0.2, -0.15) is 0 Å². The molecule has 0 aliphatic rings. The number of hydrogen-bond acceptors (Lipinski definition) is 6. The maximum Gasteiger partial charge on any atom is 0.347 e. The van der Waals surface area contributed by atoms with Crippen LogP contribution in [0.3, 0.4) is 0 Å². The number of aromatic nitrogens is 2. The average Bonchev–Trinajstić information content (AvgIpc) is 3.09. The van der Waals surface area contributed by atoms with Crippen molar-refractivity contribution in [3.05, 3.63) is 64.5 Å². The molecule has 0 amide bonds. The molecule has 1 unspecified atom stereocenters. The summed E-state index contributed by atoms with van der Waals surface area (Å²) in [6.07, 6.45) is -0.813. The van der Waals surface area contributed by atoms with Crippen molar-refractivity contribution in [1.29, 1.82) is 0 Å². The zero-order valence-electron chi connectivity index (χ0n) is 13.7. The number of benzene rings is 2. The average molecular weight is 393 g/mol. The Morgan fingerprint density at radius 1 is 1.12 bits per heavy atom. The lowest BCUT2D eigenvalue weighted by Gasteiger charge is -2.13. The van der Waals surface area contributed by atoms with Crippen molar-refractivity contribution in [1.82, 2.24) is 10.2 Å². The van der Waals surface area contributed by atoms with E-state index >= 15 is 0 Å². The van der Waals surface area contributed by atoms with Crippen molar-refractivity contribution in [3.63, 3.8) is 0 Å². The molecule has 0 saturated heterocycles. The number of esters is 1. The summed E-state index contributed by atoms with van der Waals surface area (Å²) < 4.78 is 16.1. The molecule has 8 heteroatoms. The molecule has 0 bridgehead atoms. The number of halogens is 2. The molecule has 0 fully saturated rings. The Hall–Kier alpha value is -2.57. The lowest BCUT2D eigenvalue weighted by molar-refractivity contribution is -0.153. The van der Waals surface area contributed by atoms with Gasteiger partial charge in [0.05, 0.1) is 0 Å². The van der Waals surface area contributed by atoms with E-state index < -0.39 is 12.1 Å². The summed E-state index contributed by atoms with van der Waals surface area (Å²) in [5.74, 6) is 0.412. The third-order valence-corrected chi connectivity index (χ3v) is 3.82. The molecule has 0 N–H and O–H groups in total. The molecular formula is C18H14Cl2N2O4. The maximum atomic E-state index is 12.0. The smallest absolute Gasteiger partial charge is 0.347 e. The highest BCUT2D eigenvalue weighted by Gasteiger charge is 2.18. The minimum absolute atomic E-state index is 0.150. The first-order valence-corrected chi connectivity index (χ1v) is 8.44. The van der Waals surface area contributed by atoms with Crippen molar-refractivity contribution >= 4 is 29.2 Å². The second-order valence-electron chi connectivity index (χ2n) is 5.33. The summed E-state index contributed by atoms with van der Waals surface area (Å²) in [6, 6.07) is 13.7. The quantitative estimate of drug-likeness (QED) is 0.572. The first kappa shape index (κ1) is 18.2. The Kier molecular flexibility index (Phi) is 5.75. The molecule has 0 aliphatic heterocycles. The summed E-state index contributed by atoms with van der Waals surface area (Å²) in [5, 5.41) is 8.90. The molecule has 1 atom stereocenters. The fourth-order valence-electron chi connectivity index (χ4n) is 2.06. The molecule has 134 valence electrons. The van der Waals surface area contributed by atoms with Gasteiger partial charge in [-0.25, -0.2) is 4.79 Å². The van der Waals surface area contributed by atoms with Crippen LogP contribution in [0, 0.1) is 0 Å². The van der Waals surface area contributed by atoms with E-state index in [1.165, 1.54) is 0 Å². The second kappa shape index (κ2) is 8.21. The molecule has 0 spiro atoms. The van der Waals surface area contributed by atoms with E-state index in [9.17, 15) is 4.79 Å². The molecule has 1 aromatic heterocycles. The summed E-state index contributed by atoms with van der Waals surface area (Å²) in [4.78, 5) is 12.0. The highest BCUT2D eigenvalue weighted by atomic mass is 35.5. The van der Waals surface area contributed by atoms with Crippen LogP contribution < -0.4 is 4.74 Å². The molecule has 26 heavy (non-hydrogen) atoms. The van der Waals surface area contributed by atoms with E-state index in [-0.39, 0.29) is 12.5 Å². The zero-order chi connectivity index (χ0) is 18.5. The van der Waals surface area contributed by atoms with Gasteiger partial charge in [0.2, 0.25) is 5.89 Å². The van der Waals surface area contributed by atoms with Gasteiger partial charge in [-0.15, -0.1) is 10.2 Å². The van der Waals surface area contributed by atoms with Gasteiger partial charge in [-0.1, -0.05) is 29.3 Å². The highest BCUT2D eigenvalue weighted by Crippen LogP contribution is 2.21. The van der Waals surface area contributed by atoms with Gasteiger partial charge < -0.3 is 13.9 Å². The van der Waals surface area contributed by atoms with Crippen LogP contribution >= 0.6 is 23.2 Å². The van der Waals surface area contributed by atoms with Crippen LogP contribution in [0.25, 0.3) is 11.5 Å². The Morgan fingerprint density at radius 2 is 1.88 bits per heavy atom. The van der Waals surface area contributed by atoms with Crippen molar-refractivity contribution in [2.24, 2.45) is 0 Å². The number of carbonyl (C=O) groups excluding carboxylic acids is 1. The van der Waals surface area contributed by atoms with Gasteiger partial charge in [0.25, 0.3) is 5.89 Å². The van der Waals surface area contributed by atoms with Gasteiger partial charge in [0.15, 0.2) is 12.7 Å². The molecule has 0 saturated carbocycles. The Labute approximate surface area is 159 Å². The Bertz CT molecular complexity index is 896. The number of nitrogens with zero attached hydrogens (tertiary/aromatic N) is 2. The van der Waals surface area contributed by atoms with Gasteiger partial charge in [-0.3, -0.25) is 0 Å². The van der Waals surface area contributed by atoms with E-state index in [0.717, 1.165) is 5.56 Å². The van der Waals surface area contributed by atoms with Crippen molar-refractivity contribution in [2.75, 3.05) is 0 Å². The predicted molar refractivity (Wildman–Crippen MR) is 96.1 cm³/mol. The maximum absolute atomic E-state index is 12.0. The first-order chi connectivity index (χ1) is 12.5. The molecule has 6 nitrogen and oxygen atoms in total. The Balaban J connectivity index is 1.55. The number of ether oxygens (including phenoxy) is 2. The molecular weight excluding hydrogens is 379 g/mol. The second-order valence-corrected chi connectivity index (χ2v) is 6.21. The highest BCUT2D eigenvalue weighted by molar-refractivity contribution is 6.30. The largest absolute Gasteiger partial charge is 0.479 e. The van der Waals surface area contributed by atoms with Crippen LogP contribution in [-0.4, -0.2) is 22.3 Å². The molecule has 0 aliphatic carbocycles. The molecule has 1 heterocycles. The fourth-order valence-corrected chi connectivity index (χ4v) is 2.37. The van der Waals surface area contributed by atoms with E-state index in [0.29, 0.717) is 21.7 Å². The molecule has 0 radical (unpaired) electrons. The topological polar surface area (TPSA) is 74.5 Å². The van der Waals surface area contributed by atoms with Crippen molar-refractivity contribution < 1.29 is 18.7 Å². The fraction of sp³-hybridized carbons (Fsp3) is 0.167. The minimum atomic E-state index is -0.813. The third-order valence-electron chi connectivity index (χ3n) is 3.34. The van der Waals surface area contributed by atoms with Crippen LogP contribution in [0.2, 0.25) is 10.0 Å². The first-order valence-electron chi connectivity index (χ1n) is 7.68. The summed E-state index contributed by atoms with van der Waals surface area (Å²) >= 11 is 11.7. The lowest BCUT2D eigenvalue weighted by Crippen LogP contribution is -2.26. The summed E-state index contributed by atoms with van der Waals surface area (Å²) in [7, 11) is 0. The van der Waals surface area contributed by atoms with E-state index in [1.54, 1.807) is 55.5 Å². The molecule has 3 rings (SSSR count). The van der Waals surface area contributed by atoms with Gasteiger partial charge in [0.1, 0.15) is 5.75 Å².